The lowest BCUT2D eigenvalue weighted by Crippen LogP contribution is -2.39. The molecule has 0 atom stereocenters. The van der Waals surface area contributed by atoms with Crippen LogP contribution in [0.2, 0.25) is 0 Å². The highest BCUT2D eigenvalue weighted by molar-refractivity contribution is 7.98. The van der Waals surface area contributed by atoms with Crippen molar-refractivity contribution in [2.75, 3.05) is 32.8 Å². The molecule has 1 aromatic carbocycles. The minimum absolute atomic E-state index is 0.0407. The lowest BCUT2D eigenvalue weighted by molar-refractivity contribution is 0.0359. The Morgan fingerprint density at radius 2 is 1.84 bits per heavy atom. The first-order valence-electron chi connectivity index (χ1n) is 10.7. The van der Waals surface area contributed by atoms with Gasteiger partial charge >= 0.3 is 0 Å². The molecular weight excluding hydrogens is 440 g/mol. The third-order valence-electron chi connectivity index (χ3n) is 5.48. The van der Waals surface area contributed by atoms with Crippen LogP contribution in [0, 0.1) is 0 Å². The van der Waals surface area contributed by atoms with Crippen LogP contribution in [-0.2, 0) is 17.0 Å². The Hall–Kier alpha value is -2.52. The topological polar surface area (TPSA) is 60.2 Å². The summed E-state index contributed by atoms with van der Waals surface area (Å²) in [5, 5.41) is 0.749. The van der Waals surface area contributed by atoms with Crippen molar-refractivity contribution >= 4 is 33.3 Å². The molecule has 4 heterocycles. The Labute approximate surface area is 194 Å². The summed E-state index contributed by atoms with van der Waals surface area (Å²) in [4.78, 5) is 26.3. The molecule has 8 heteroatoms. The Morgan fingerprint density at radius 3 is 2.62 bits per heavy atom. The summed E-state index contributed by atoms with van der Waals surface area (Å²) in [6.45, 7) is 4.73. The molecule has 32 heavy (non-hydrogen) atoms. The molecule has 3 aromatic heterocycles. The lowest BCUT2D eigenvalue weighted by atomic mass is 10.2. The van der Waals surface area contributed by atoms with Gasteiger partial charge in [-0.2, -0.15) is 0 Å². The molecular formula is C24H24N4O2S2. The second kappa shape index (κ2) is 9.95. The fourth-order valence-electron chi connectivity index (χ4n) is 3.73. The first-order valence-corrected chi connectivity index (χ1v) is 12.5. The standard InChI is InChI=1S/C24H24N4O2S2/c29-23-22-20(16-21(32-22)18-6-2-1-3-7-18)26-24(31-17-19-8-4-5-9-25-19)28(23)11-10-27-12-14-30-15-13-27/h1-9,16H,10-15,17H2. The second-order valence-electron chi connectivity index (χ2n) is 7.61. The Bertz CT molecular complexity index is 1240. The van der Waals surface area contributed by atoms with E-state index in [1.165, 1.54) is 11.3 Å². The number of hydrogen-bond donors (Lipinski definition) is 0. The highest BCUT2D eigenvalue weighted by Crippen LogP contribution is 2.32. The van der Waals surface area contributed by atoms with Gasteiger partial charge in [0.25, 0.3) is 5.56 Å². The summed E-state index contributed by atoms with van der Waals surface area (Å²) < 4.78 is 8.02. The van der Waals surface area contributed by atoms with Crippen LogP contribution < -0.4 is 5.56 Å². The van der Waals surface area contributed by atoms with Crippen molar-refractivity contribution in [3.05, 3.63) is 76.8 Å². The van der Waals surface area contributed by atoms with Crippen LogP contribution in [0.3, 0.4) is 0 Å². The number of benzene rings is 1. The quantitative estimate of drug-likeness (QED) is 0.303. The van der Waals surface area contributed by atoms with Crippen molar-refractivity contribution in [3.8, 4) is 10.4 Å². The maximum Gasteiger partial charge on any atom is 0.272 e. The van der Waals surface area contributed by atoms with Crippen molar-refractivity contribution in [2.45, 2.75) is 17.5 Å². The number of morpholine rings is 1. The van der Waals surface area contributed by atoms with Crippen LogP contribution in [0.25, 0.3) is 20.7 Å². The maximum absolute atomic E-state index is 13.5. The molecule has 164 valence electrons. The van der Waals surface area contributed by atoms with E-state index in [1.807, 2.05) is 47.0 Å². The van der Waals surface area contributed by atoms with Gasteiger partial charge in [-0.3, -0.25) is 19.2 Å². The Balaban J connectivity index is 1.49. The molecule has 1 saturated heterocycles. The molecule has 0 amide bonds. The van der Waals surface area contributed by atoms with Crippen LogP contribution in [0.5, 0.6) is 0 Å². The Kier molecular flexibility index (Phi) is 6.64. The van der Waals surface area contributed by atoms with E-state index < -0.39 is 0 Å². The number of thioether (sulfide) groups is 1. The summed E-state index contributed by atoms with van der Waals surface area (Å²) in [7, 11) is 0. The van der Waals surface area contributed by atoms with E-state index in [1.54, 1.807) is 18.0 Å². The molecule has 0 bridgehead atoms. The number of pyridine rings is 1. The number of rotatable bonds is 7. The second-order valence-corrected chi connectivity index (χ2v) is 9.60. The normalized spacial score (nSPS) is 14.8. The van der Waals surface area contributed by atoms with Crippen molar-refractivity contribution in [2.24, 2.45) is 0 Å². The SMILES string of the molecule is O=c1c2sc(-c3ccccc3)cc2nc(SCc2ccccn2)n1CCN1CCOCC1. The fourth-order valence-corrected chi connectivity index (χ4v) is 5.72. The zero-order valence-electron chi connectivity index (χ0n) is 17.6. The van der Waals surface area contributed by atoms with Crippen molar-refractivity contribution < 1.29 is 4.74 Å². The van der Waals surface area contributed by atoms with Crippen molar-refractivity contribution in [1.82, 2.24) is 19.4 Å². The van der Waals surface area contributed by atoms with Gasteiger partial charge in [0.15, 0.2) is 5.16 Å². The molecule has 0 N–H and O–H groups in total. The van der Waals surface area contributed by atoms with Gasteiger partial charge in [-0.1, -0.05) is 48.2 Å². The molecule has 1 aliphatic heterocycles. The monoisotopic (exact) mass is 464 g/mol. The molecule has 0 radical (unpaired) electrons. The molecule has 4 aromatic rings. The largest absolute Gasteiger partial charge is 0.379 e. The zero-order valence-corrected chi connectivity index (χ0v) is 19.3. The average molecular weight is 465 g/mol. The molecule has 0 aliphatic carbocycles. The van der Waals surface area contributed by atoms with Gasteiger partial charge in [0, 0.05) is 43.0 Å². The summed E-state index contributed by atoms with van der Waals surface area (Å²) >= 11 is 3.10. The summed E-state index contributed by atoms with van der Waals surface area (Å²) in [6.07, 6.45) is 1.79. The lowest BCUT2D eigenvalue weighted by Gasteiger charge is -2.27. The highest BCUT2D eigenvalue weighted by atomic mass is 32.2. The van der Waals surface area contributed by atoms with Gasteiger partial charge in [0.05, 0.1) is 24.4 Å². The minimum atomic E-state index is 0.0407. The van der Waals surface area contributed by atoms with Gasteiger partial charge in [-0.15, -0.1) is 11.3 Å². The van der Waals surface area contributed by atoms with E-state index in [9.17, 15) is 4.79 Å². The number of nitrogens with zero attached hydrogens (tertiary/aromatic N) is 4. The third kappa shape index (κ3) is 4.78. The van der Waals surface area contributed by atoms with E-state index in [4.69, 9.17) is 9.72 Å². The first-order chi connectivity index (χ1) is 15.8. The van der Waals surface area contributed by atoms with Crippen LogP contribution >= 0.6 is 23.1 Å². The molecule has 1 aliphatic rings. The predicted molar refractivity (Wildman–Crippen MR) is 130 cm³/mol. The van der Waals surface area contributed by atoms with E-state index in [0.717, 1.165) is 59.7 Å². The predicted octanol–water partition coefficient (Wildman–Crippen LogP) is 4.14. The van der Waals surface area contributed by atoms with Gasteiger partial charge in [0.1, 0.15) is 4.70 Å². The van der Waals surface area contributed by atoms with Crippen molar-refractivity contribution in [1.29, 1.82) is 0 Å². The molecule has 0 saturated carbocycles. The fraction of sp³-hybridized carbons (Fsp3) is 0.292. The number of fused-ring (bicyclic) bond motifs is 1. The Morgan fingerprint density at radius 1 is 1.03 bits per heavy atom. The summed E-state index contributed by atoms with van der Waals surface area (Å²) in [6, 6.07) is 18.1. The van der Waals surface area contributed by atoms with Gasteiger partial charge < -0.3 is 4.74 Å². The van der Waals surface area contributed by atoms with Crippen LogP contribution in [0.1, 0.15) is 5.69 Å². The number of hydrogen-bond acceptors (Lipinski definition) is 7. The van der Waals surface area contributed by atoms with Gasteiger partial charge in [-0.25, -0.2) is 4.98 Å². The third-order valence-corrected chi connectivity index (χ3v) is 7.65. The van der Waals surface area contributed by atoms with Crippen LogP contribution in [0.4, 0.5) is 0 Å². The van der Waals surface area contributed by atoms with E-state index >= 15 is 0 Å². The van der Waals surface area contributed by atoms with Crippen LogP contribution in [-0.4, -0.2) is 52.3 Å². The summed E-state index contributed by atoms with van der Waals surface area (Å²) in [5.41, 5.74) is 2.89. The number of ether oxygens (including phenoxy) is 1. The zero-order chi connectivity index (χ0) is 21.8. The van der Waals surface area contributed by atoms with Gasteiger partial charge in [0.2, 0.25) is 0 Å². The van der Waals surface area contributed by atoms with Crippen LogP contribution in [0.15, 0.2) is 70.7 Å². The summed E-state index contributed by atoms with van der Waals surface area (Å²) in [5.74, 6) is 0.673. The van der Waals surface area contributed by atoms with Crippen molar-refractivity contribution in [3.63, 3.8) is 0 Å². The number of thiophene rings is 1. The van der Waals surface area contributed by atoms with E-state index in [0.29, 0.717) is 17.0 Å². The molecule has 5 rings (SSSR count). The average Bonchev–Trinajstić information content (AvgIpc) is 3.29. The smallest absolute Gasteiger partial charge is 0.272 e. The molecule has 0 unspecified atom stereocenters. The highest BCUT2D eigenvalue weighted by Gasteiger charge is 2.17. The van der Waals surface area contributed by atoms with Gasteiger partial charge in [-0.05, 0) is 23.8 Å². The minimum Gasteiger partial charge on any atom is -0.379 e. The first kappa shape index (κ1) is 21.3. The number of aromatic nitrogens is 3. The van der Waals surface area contributed by atoms with E-state index in [-0.39, 0.29) is 5.56 Å². The molecule has 6 nitrogen and oxygen atoms in total. The maximum atomic E-state index is 13.5. The molecule has 0 spiro atoms. The molecule has 1 fully saturated rings. The van der Waals surface area contributed by atoms with E-state index in [2.05, 4.69) is 22.0 Å².